The molecule has 1 aromatic rings. The highest BCUT2D eigenvalue weighted by molar-refractivity contribution is 6.42. The lowest BCUT2D eigenvalue weighted by Gasteiger charge is -2.28. The summed E-state index contributed by atoms with van der Waals surface area (Å²) >= 11 is 12.2. The zero-order valence-electron chi connectivity index (χ0n) is 11.4. The Hall–Kier alpha value is -0.440. The van der Waals surface area contributed by atoms with Crippen molar-refractivity contribution in [3.63, 3.8) is 0 Å². The normalized spacial score (nSPS) is 17.6. The summed E-state index contributed by atoms with van der Waals surface area (Å²) in [6, 6.07) is 5.56. The van der Waals surface area contributed by atoms with Crippen molar-refractivity contribution in [2.24, 2.45) is 0 Å². The Balaban J connectivity index is 2.07. The summed E-state index contributed by atoms with van der Waals surface area (Å²) in [7, 11) is 0. The molecule has 0 spiro atoms. The Morgan fingerprint density at radius 2 is 2.00 bits per heavy atom. The van der Waals surface area contributed by atoms with Gasteiger partial charge in [-0.15, -0.1) is 0 Å². The summed E-state index contributed by atoms with van der Waals surface area (Å²) in [6.45, 7) is 4.44. The lowest BCUT2D eigenvalue weighted by molar-refractivity contribution is 0.0346. The molecule has 0 radical (unpaired) electrons. The van der Waals surface area contributed by atoms with Gasteiger partial charge in [-0.1, -0.05) is 42.6 Å². The number of rotatable bonds is 6. The van der Waals surface area contributed by atoms with E-state index in [0.717, 1.165) is 19.5 Å². The van der Waals surface area contributed by atoms with Gasteiger partial charge < -0.3 is 4.74 Å². The summed E-state index contributed by atoms with van der Waals surface area (Å²) in [5.41, 5.74) is 0. The van der Waals surface area contributed by atoms with Crippen LogP contribution in [0.2, 0.25) is 10.0 Å². The average Bonchev–Trinajstić information content (AvgIpc) is 2.93. The molecule has 2 rings (SSSR count). The first-order chi connectivity index (χ1) is 9.22. The first-order valence-corrected chi connectivity index (χ1v) is 7.82. The minimum atomic E-state index is 0.124. The molecule has 0 amide bonds. The Kier molecular flexibility index (Phi) is 5.80. The quantitative estimate of drug-likeness (QED) is 0.734. The van der Waals surface area contributed by atoms with E-state index >= 15 is 0 Å². The first-order valence-electron chi connectivity index (χ1n) is 7.07. The zero-order chi connectivity index (χ0) is 13.7. The molecule has 1 saturated heterocycles. The highest BCUT2D eigenvalue weighted by Gasteiger charge is 2.23. The van der Waals surface area contributed by atoms with Crippen LogP contribution in [0.1, 0.15) is 39.0 Å². The molecule has 19 heavy (non-hydrogen) atoms. The third-order valence-corrected chi connectivity index (χ3v) is 4.33. The lowest BCUT2D eigenvalue weighted by Crippen LogP contribution is -2.37. The minimum absolute atomic E-state index is 0.124. The predicted octanol–water partition coefficient (Wildman–Crippen LogP) is 4.98. The third-order valence-electron chi connectivity index (χ3n) is 3.53. The number of ether oxygens (including phenoxy) is 1. The molecule has 1 aliphatic heterocycles. The van der Waals surface area contributed by atoms with Gasteiger partial charge in [-0.3, -0.25) is 4.90 Å². The Bertz CT molecular complexity index is 405. The van der Waals surface area contributed by atoms with Gasteiger partial charge in [0, 0.05) is 13.1 Å². The van der Waals surface area contributed by atoms with Gasteiger partial charge in [0.1, 0.15) is 10.8 Å². The van der Waals surface area contributed by atoms with Crippen LogP contribution in [0.15, 0.2) is 18.2 Å². The van der Waals surface area contributed by atoms with E-state index in [2.05, 4.69) is 11.8 Å². The van der Waals surface area contributed by atoms with Crippen LogP contribution in [-0.2, 0) is 0 Å². The second kappa shape index (κ2) is 7.37. The molecular formula is C15H21Cl2NO. The van der Waals surface area contributed by atoms with Crippen molar-refractivity contribution in [3.05, 3.63) is 28.2 Å². The Morgan fingerprint density at radius 1 is 1.26 bits per heavy atom. The van der Waals surface area contributed by atoms with Crippen molar-refractivity contribution in [1.82, 2.24) is 4.90 Å². The number of hydrogen-bond donors (Lipinski definition) is 0. The van der Waals surface area contributed by atoms with Gasteiger partial charge in [-0.25, -0.2) is 0 Å². The van der Waals surface area contributed by atoms with Crippen LogP contribution < -0.4 is 4.74 Å². The van der Waals surface area contributed by atoms with Gasteiger partial charge in [-0.2, -0.15) is 0 Å². The van der Waals surface area contributed by atoms with Crippen molar-refractivity contribution in [3.8, 4) is 5.75 Å². The number of hydrogen-bond acceptors (Lipinski definition) is 2. The number of benzene rings is 1. The number of likely N-dealkylation sites (tertiary alicyclic amines) is 1. The van der Waals surface area contributed by atoms with Crippen LogP contribution in [0, 0.1) is 0 Å². The summed E-state index contributed by atoms with van der Waals surface area (Å²) in [6.07, 6.45) is 6.03. The minimum Gasteiger partial charge on any atom is -0.474 e. The molecular weight excluding hydrogens is 281 g/mol. The fourth-order valence-corrected chi connectivity index (χ4v) is 2.78. The maximum atomic E-state index is 6.20. The fourth-order valence-electron chi connectivity index (χ4n) is 2.45. The monoisotopic (exact) mass is 301 g/mol. The molecule has 2 nitrogen and oxygen atoms in total. The van der Waals surface area contributed by atoms with E-state index < -0.39 is 0 Å². The van der Waals surface area contributed by atoms with Crippen LogP contribution >= 0.6 is 23.2 Å². The summed E-state index contributed by atoms with van der Waals surface area (Å²) in [4.78, 5) is 2.41. The number of nitrogens with zero attached hydrogens (tertiary/aromatic N) is 1. The molecule has 1 fully saturated rings. The van der Waals surface area contributed by atoms with Crippen LogP contribution in [-0.4, -0.2) is 24.2 Å². The molecule has 1 unspecified atom stereocenters. The number of unbranched alkanes of at least 4 members (excludes halogenated alkanes) is 1. The molecule has 4 heteroatoms. The summed E-state index contributed by atoms with van der Waals surface area (Å²) < 4.78 is 6.12. The van der Waals surface area contributed by atoms with Gasteiger partial charge in [0.15, 0.2) is 6.23 Å². The van der Waals surface area contributed by atoms with Crippen molar-refractivity contribution < 1.29 is 4.74 Å². The average molecular weight is 302 g/mol. The van der Waals surface area contributed by atoms with E-state index in [0.29, 0.717) is 15.8 Å². The zero-order valence-corrected chi connectivity index (χ0v) is 12.9. The van der Waals surface area contributed by atoms with E-state index in [1.165, 1.54) is 25.7 Å². The highest BCUT2D eigenvalue weighted by atomic mass is 35.5. The van der Waals surface area contributed by atoms with Crippen molar-refractivity contribution in [1.29, 1.82) is 0 Å². The topological polar surface area (TPSA) is 12.5 Å². The van der Waals surface area contributed by atoms with Gasteiger partial charge >= 0.3 is 0 Å². The van der Waals surface area contributed by atoms with Gasteiger partial charge in [0.2, 0.25) is 0 Å². The highest BCUT2D eigenvalue weighted by Crippen LogP contribution is 2.33. The van der Waals surface area contributed by atoms with Crippen molar-refractivity contribution in [2.75, 3.05) is 13.1 Å². The van der Waals surface area contributed by atoms with Crippen LogP contribution in [0.3, 0.4) is 0 Å². The molecule has 1 aromatic carbocycles. The second-order valence-electron chi connectivity index (χ2n) is 5.01. The van der Waals surface area contributed by atoms with E-state index in [1.54, 1.807) is 6.07 Å². The molecule has 1 atom stereocenters. The maximum absolute atomic E-state index is 6.20. The van der Waals surface area contributed by atoms with Gasteiger partial charge in [0.25, 0.3) is 0 Å². The largest absolute Gasteiger partial charge is 0.474 e. The van der Waals surface area contributed by atoms with E-state index in [-0.39, 0.29) is 6.23 Å². The van der Waals surface area contributed by atoms with E-state index in [9.17, 15) is 0 Å². The number of halogens is 2. The molecule has 0 saturated carbocycles. The molecule has 1 aliphatic rings. The van der Waals surface area contributed by atoms with Gasteiger partial charge in [0.05, 0.1) is 5.02 Å². The molecule has 0 aliphatic carbocycles. The maximum Gasteiger partial charge on any atom is 0.152 e. The standard InChI is InChI=1S/C15H21Cl2NO/c1-2-3-9-14(18-10-4-5-11-18)19-13-8-6-7-12(16)15(13)17/h6-8,14H,2-5,9-11H2,1H3. The molecule has 1 heterocycles. The van der Waals surface area contributed by atoms with Crippen LogP contribution in [0.5, 0.6) is 5.75 Å². The summed E-state index contributed by atoms with van der Waals surface area (Å²) in [5, 5.41) is 1.07. The third kappa shape index (κ3) is 4.01. The van der Waals surface area contributed by atoms with Crippen molar-refractivity contribution in [2.45, 2.75) is 45.3 Å². The second-order valence-corrected chi connectivity index (χ2v) is 5.79. The smallest absolute Gasteiger partial charge is 0.152 e. The Labute approximate surface area is 125 Å². The fraction of sp³-hybridized carbons (Fsp3) is 0.600. The van der Waals surface area contributed by atoms with Crippen LogP contribution in [0.25, 0.3) is 0 Å². The molecule has 106 valence electrons. The van der Waals surface area contributed by atoms with E-state index in [1.807, 2.05) is 12.1 Å². The molecule has 0 aromatic heterocycles. The van der Waals surface area contributed by atoms with E-state index in [4.69, 9.17) is 27.9 Å². The predicted molar refractivity (Wildman–Crippen MR) is 81.2 cm³/mol. The van der Waals surface area contributed by atoms with Crippen LogP contribution in [0.4, 0.5) is 0 Å². The van der Waals surface area contributed by atoms with Gasteiger partial charge in [-0.05, 0) is 37.8 Å². The Morgan fingerprint density at radius 3 is 2.68 bits per heavy atom. The first kappa shape index (κ1) is 15.0. The van der Waals surface area contributed by atoms with Crippen molar-refractivity contribution >= 4 is 23.2 Å². The SMILES string of the molecule is CCCCC(Oc1cccc(Cl)c1Cl)N1CCCC1. The summed E-state index contributed by atoms with van der Waals surface area (Å²) in [5.74, 6) is 0.696. The molecule has 0 N–H and O–H groups in total. The lowest BCUT2D eigenvalue weighted by atomic mass is 10.2. The molecule has 0 bridgehead atoms.